The van der Waals surface area contributed by atoms with Crippen LogP contribution < -0.4 is 5.32 Å². The number of carbonyl (C=O) groups is 1. The molecule has 0 aliphatic heterocycles. The molecule has 0 bridgehead atoms. The summed E-state index contributed by atoms with van der Waals surface area (Å²) >= 11 is 1.52. The molecule has 0 atom stereocenters. The van der Waals surface area contributed by atoms with Gasteiger partial charge in [0.25, 0.3) is 5.91 Å². The molecule has 5 nitrogen and oxygen atoms in total. The molecule has 2 N–H and O–H groups in total. The number of aromatic nitrogens is 3. The number of benzene rings is 1. The Kier molecular flexibility index (Phi) is 2.77. The molecule has 18 heavy (non-hydrogen) atoms. The summed E-state index contributed by atoms with van der Waals surface area (Å²) in [5.41, 5.74) is 2.12. The molecule has 1 amide bonds. The molecule has 2 heterocycles. The predicted octanol–water partition coefficient (Wildman–Crippen LogP) is 1.95. The van der Waals surface area contributed by atoms with Crippen LogP contribution in [0.4, 0.5) is 0 Å². The van der Waals surface area contributed by atoms with Gasteiger partial charge in [-0.05, 0) is 12.1 Å². The fourth-order valence-corrected chi connectivity index (χ4v) is 2.30. The van der Waals surface area contributed by atoms with Crippen molar-refractivity contribution in [2.24, 2.45) is 0 Å². The molecule has 0 radical (unpaired) electrons. The summed E-state index contributed by atoms with van der Waals surface area (Å²) in [7, 11) is 0. The number of H-pyrrole nitrogens is 1. The van der Waals surface area contributed by atoms with E-state index >= 15 is 0 Å². The standard InChI is InChI=1S/C12H10N4OS/c17-12(14-6-10-13-4-5-18-10)8-2-1-3-9-11(8)16-7-15-9/h1-5,7H,6H2,(H,14,17)(H,15,16). The van der Waals surface area contributed by atoms with Crippen LogP contribution in [0.5, 0.6) is 0 Å². The van der Waals surface area contributed by atoms with E-state index in [2.05, 4.69) is 20.3 Å². The third kappa shape index (κ3) is 1.98. The first-order valence-electron chi connectivity index (χ1n) is 5.43. The van der Waals surface area contributed by atoms with Crippen LogP contribution in [0.1, 0.15) is 15.4 Å². The average molecular weight is 258 g/mol. The molecule has 0 aliphatic carbocycles. The van der Waals surface area contributed by atoms with Gasteiger partial charge in [0.05, 0.1) is 24.0 Å². The minimum Gasteiger partial charge on any atom is -0.345 e. The van der Waals surface area contributed by atoms with Gasteiger partial charge >= 0.3 is 0 Å². The lowest BCUT2D eigenvalue weighted by Crippen LogP contribution is -2.22. The van der Waals surface area contributed by atoms with Crippen LogP contribution in [0.2, 0.25) is 0 Å². The molecule has 90 valence electrons. The van der Waals surface area contributed by atoms with E-state index in [9.17, 15) is 4.79 Å². The Morgan fingerprint density at radius 2 is 2.33 bits per heavy atom. The Bertz CT molecular complexity index is 674. The Hall–Kier alpha value is -2.21. The van der Waals surface area contributed by atoms with Gasteiger partial charge in [-0.15, -0.1) is 11.3 Å². The van der Waals surface area contributed by atoms with Crippen LogP contribution in [-0.2, 0) is 6.54 Å². The second-order valence-corrected chi connectivity index (χ2v) is 4.69. The summed E-state index contributed by atoms with van der Waals surface area (Å²) in [5, 5.41) is 5.61. The molecular weight excluding hydrogens is 248 g/mol. The van der Waals surface area contributed by atoms with E-state index in [4.69, 9.17) is 0 Å². The van der Waals surface area contributed by atoms with Crippen LogP contribution >= 0.6 is 11.3 Å². The zero-order chi connectivity index (χ0) is 12.4. The topological polar surface area (TPSA) is 70.7 Å². The van der Waals surface area contributed by atoms with E-state index in [1.54, 1.807) is 18.6 Å². The molecule has 0 spiro atoms. The van der Waals surface area contributed by atoms with E-state index in [0.717, 1.165) is 10.5 Å². The smallest absolute Gasteiger partial charge is 0.253 e. The number of nitrogens with zero attached hydrogens (tertiary/aromatic N) is 2. The lowest BCUT2D eigenvalue weighted by atomic mass is 10.1. The van der Waals surface area contributed by atoms with Crippen molar-refractivity contribution in [1.29, 1.82) is 0 Å². The predicted molar refractivity (Wildman–Crippen MR) is 69.4 cm³/mol. The SMILES string of the molecule is O=C(NCc1nccs1)c1cccc2[nH]cnc12. The van der Waals surface area contributed by atoms with E-state index in [-0.39, 0.29) is 5.91 Å². The molecule has 2 aromatic heterocycles. The maximum atomic E-state index is 12.1. The first kappa shape index (κ1) is 10.9. The number of amides is 1. The zero-order valence-corrected chi connectivity index (χ0v) is 10.2. The highest BCUT2D eigenvalue weighted by atomic mass is 32.1. The van der Waals surface area contributed by atoms with Gasteiger partial charge in [-0.2, -0.15) is 0 Å². The minimum absolute atomic E-state index is 0.136. The number of rotatable bonds is 3. The summed E-state index contributed by atoms with van der Waals surface area (Å²) in [4.78, 5) is 23.3. The molecule has 0 unspecified atom stereocenters. The molecule has 0 saturated carbocycles. The third-order valence-corrected chi connectivity index (χ3v) is 3.36. The number of carbonyl (C=O) groups excluding carboxylic acids is 1. The lowest BCUT2D eigenvalue weighted by Gasteiger charge is -2.03. The molecule has 3 aromatic rings. The number of hydrogen-bond donors (Lipinski definition) is 2. The number of fused-ring (bicyclic) bond motifs is 1. The maximum Gasteiger partial charge on any atom is 0.253 e. The molecule has 6 heteroatoms. The zero-order valence-electron chi connectivity index (χ0n) is 9.38. The second kappa shape index (κ2) is 4.58. The van der Waals surface area contributed by atoms with Crippen LogP contribution in [0.25, 0.3) is 11.0 Å². The van der Waals surface area contributed by atoms with Gasteiger partial charge in [0.2, 0.25) is 0 Å². The van der Waals surface area contributed by atoms with Gasteiger partial charge in [-0.3, -0.25) is 4.79 Å². The molecule has 3 rings (SSSR count). The van der Waals surface area contributed by atoms with Crippen LogP contribution in [0.15, 0.2) is 36.1 Å². The lowest BCUT2D eigenvalue weighted by molar-refractivity contribution is 0.0952. The van der Waals surface area contributed by atoms with Crippen molar-refractivity contribution >= 4 is 28.3 Å². The number of nitrogens with one attached hydrogen (secondary N) is 2. The third-order valence-electron chi connectivity index (χ3n) is 2.58. The summed E-state index contributed by atoms with van der Waals surface area (Å²) in [6.45, 7) is 0.442. The average Bonchev–Trinajstić information content (AvgIpc) is 3.05. The van der Waals surface area contributed by atoms with E-state index in [0.29, 0.717) is 17.6 Å². The largest absolute Gasteiger partial charge is 0.345 e. The van der Waals surface area contributed by atoms with Crippen molar-refractivity contribution in [3.8, 4) is 0 Å². The van der Waals surface area contributed by atoms with E-state index in [1.807, 2.05) is 17.5 Å². The monoisotopic (exact) mass is 258 g/mol. The normalized spacial score (nSPS) is 10.7. The van der Waals surface area contributed by atoms with E-state index < -0.39 is 0 Å². The Morgan fingerprint density at radius 1 is 1.39 bits per heavy atom. The number of hydrogen-bond acceptors (Lipinski definition) is 4. The number of imidazole rings is 1. The molecule has 0 fully saturated rings. The Balaban J connectivity index is 1.81. The van der Waals surface area contributed by atoms with Crippen molar-refractivity contribution < 1.29 is 4.79 Å². The van der Waals surface area contributed by atoms with Gasteiger partial charge in [-0.1, -0.05) is 6.07 Å². The first-order valence-corrected chi connectivity index (χ1v) is 6.31. The second-order valence-electron chi connectivity index (χ2n) is 3.71. The quantitative estimate of drug-likeness (QED) is 0.754. The maximum absolute atomic E-state index is 12.1. The van der Waals surface area contributed by atoms with Crippen molar-refractivity contribution in [3.05, 3.63) is 46.7 Å². The molecule has 0 saturated heterocycles. The fourth-order valence-electron chi connectivity index (χ4n) is 1.74. The van der Waals surface area contributed by atoms with Crippen LogP contribution in [-0.4, -0.2) is 20.9 Å². The Labute approximate surface area is 107 Å². The first-order chi connectivity index (χ1) is 8.84. The highest BCUT2D eigenvalue weighted by molar-refractivity contribution is 7.09. The molecule has 0 aliphatic rings. The summed E-state index contributed by atoms with van der Waals surface area (Å²) in [6.07, 6.45) is 3.31. The van der Waals surface area contributed by atoms with Gasteiger partial charge in [-0.25, -0.2) is 9.97 Å². The number of aromatic amines is 1. The van der Waals surface area contributed by atoms with Crippen molar-refractivity contribution in [2.75, 3.05) is 0 Å². The van der Waals surface area contributed by atoms with E-state index in [1.165, 1.54) is 11.3 Å². The summed E-state index contributed by atoms with van der Waals surface area (Å²) < 4.78 is 0. The fraction of sp³-hybridized carbons (Fsp3) is 0.0833. The van der Waals surface area contributed by atoms with Gasteiger partial charge in [0.1, 0.15) is 10.5 Å². The molecule has 1 aromatic carbocycles. The summed E-state index contributed by atoms with van der Waals surface area (Å²) in [5.74, 6) is -0.136. The Morgan fingerprint density at radius 3 is 3.17 bits per heavy atom. The summed E-state index contributed by atoms with van der Waals surface area (Å²) in [6, 6.07) is 5.49. The van der Waals surface area contributed by atoms with Gasteiger partial charge in [0.15, 0.2) is 0 Å². The molecular formula is C12H10N4OS. The van der Waals surface area contributed by atoms with Crippen LogP contribution in [0.3, 0.4) is 0 Å². The van der Waals surface area contributed by atoms with Crippen LogP contribution in [0, 0.1) is 0 Å². The van der Waals surface area contributed by atoms with Crippen molar-refractivity contribution in [1.82, 2.24) is 20.3 Å². The number of thiazole rings is 1. The number of para-hydroxylation sites is 1. The van der Waals surface area contributed by atoms with Crippen molar-refractivity contribution in [3.63, 3.8) is 0 Å². The van der Waals surface area contributed by atoms with Crippen molar-refractivity contribution in [2.45, 2.75) is 6.54 Å². The van der Waals surface area contributed by atoms with Gasteiger partial charge < -0.3 is 10.3 Å². The van der Waals surface area contributed by atoms with Gasteiger partial charge in [0, 0.05) is 11.6 Å². The highest BCUT2D eigenvalue weighted by Gasteiger charge is 2.11. The minimum atomic E-state index is -0.136. The highest BCUT2D eigenvalue weighted by Crippen LogP contribution is 2.14.